The molecule has 1 aliphatic carbocycles. The number of hydrogen-bond acceptors (Lipinski definition) is 1. The van der Waals surface area contributed by atoms with E-state index in [0.29, 0.717) is 5.56 Å². The number of hydrogen-bond donors (Lipinski definition) is 2. The van der Waals surface area contributed by atoms with E-state index in [0.717, 1.165) is 18.4 Å². The topological polar surface area (TPSA) is 41.1 Å². The van der Waals surface area contributed by atoms with Crippen molar-refractivity contribution in [3.05, 3.63) is 76.7 Å². The zero-order valence-electron chi connectivity index (χ0n) is 14.4. The van der Waals surface area contributed by atoms with Crippen molar-refractivity contribution in [3.63, 3.8) is 0 Å². The second-order valence-corrected chi connectivity index (χ2v) is 6.43. The standard InChI is InChI=1S/C21H23FN2O/c1-15(18-11-10-16-6-2-3-8-19(16)14-18)24-21(25)23-13-12-17-7-4-5-9-20(17)22/h4-5,7,9-15H,2-3,6,8H2,1H3,(H2,23,24,25)/b13-12+. The second kappa shape index (κ2) is 7.97. The lowest BCUT2D eigenvalue weighted by Crippen LogP contribution is -2.34. The van der Waals surface area contributed by atoms with E-state index in [1.165, 1.54) is 36.2 Å². The number of nitrogens with one attached hydrogen (secondary N) is 2. The minimum atomic E-state index is -0.316. The van der Waals surface area contributed by atoms with Gasteiger partial charge in [0.1, 0.15) is 5.82 Å². The fourth-order valence-electron chi connectivity index (χ4n) is 3.16. The Kier molecular flexibility index (Phi) is 5.49. The molecule has 25 heavy (non-hydrogen) atoms. The number of amides is 2. The highest BCUT2D eigenvalue weighted by molar-refractivity contribution is 5.76. The SMILES string of the molecule is CC(NC(=O)N/C=C/c1ccccc1F)c1ccc2c(c1)CCCC2. The normalized spacial score (nSPS) is 14.8. The largest absolute Gasteiger partial charge is 0.331 e. The number of rotatable bonds is 4. The molecule has 3 rings (SSSR count). The van der Waals surface area contributed by atoms with Crippen LogP contribution in [-0.4, -0.2) is 6.03 Å². The predicted molar refractivity (Wildman–Crippen MR) is 98.6 cm³/mol. The summed E-state index contributed by atoms with van der Waals surface area (Å²) < 4.78 is 13.5. The summed E-state index contributed by atoms with van der Waals surface area (Å²) in [5.41, 5.74) is 4.37. The monoisotopic (exact) mass is 338 g/mol. The molecular formula is C21H23FN2O. The predicted octanol–water partition coefficient (Wildman–Crippen LogP) is 4.74. The van der Waals surface area contributed by atoms with Gasteiger partial charge in [-0.15, -0.1) is 0 Å². The zero-order chi connectivity index (χ0) is 17.6. The molecule has 1 atom stereocenters. The van der Waals surface area contributed by atoms with Crippen molar-refractivity contribution in [1.82, 2.24) is 10.6 Å². The first-order valence-corrected chi connectivity index (χ1v) is 8.73. The van der Waals surface area contributed by atoms with Gasteiger partial charge in [0.15, 0.2) is 0 Å². The van der Waals surface area contributed by atoms with Crippen molar-refractivity contribution >= 4 is 12.1 Å². The van der Waals surface area contributed by atoms with Gasteiger partial charge in [-0.05, 0) is 61.4 Å². The molecule has 0 saturated carbocycles. The quantitative estimate of drug-likeness (QED) is 0.831. The molecule has 0 radical (unpaired) electrons. The van der Waals surface area contributed by atoms with Crippen molar-refractivity contribution in [2.24, 2.45) is 0 Å². The van der Waals surface area contributed by atoms with Crippen LogP contribution in [0.2, 0.25) is 0 Å². The molecule has 0 fully saturated rings. The lowest BCUT2D eigenvalue weighted by atomic mass is 9.89. The fourth-order valence-corrected chi connectivity index (χ4v) is 3.16. The van der Waals surface area contributed by atoms with E-state index in [4.69, 9.17) is 0 Å². The van der Waals surface area contributed by atoms with Crippen LogP contribution in [0.25, 0.3) is 6.08 Å². The van der Waals surface area contributed by atoms with Crippen LogP contribution in [0.5, 0.6) is 0 Å². The Balaban J connectivity index is 1.56. The van der Waals surface area contributed by atoms with Crippen LogP contribution in [0.1, 0.15) is 48.1 Å². The van der Waals surface area contributed by atoms with Gasteiger partial charge >= 0.3 is 6.03 Å². The van der Waals surface area contributed by atoms with Crippen LogP contribution >= 0.6 is 0 Å². The van der Waals surface area contributed by atoms with Gasteiger partial charge in [-0.3, -0.25) is 0 Å². The molecule has 0 bridgehead atoms. The Hall–Kier alpha value is -2.62. The Labute approximate surface area is 148 Å². The number of aryl methyl sites for hydroxylation is 2. The van der Waals surface area contributed by atoms with E-state index in [1.807, 2.05) is 6.92 Å². The van der Waals surface area contributed by atoms with Gasteiger partial charge in [-0.1, -0.05) is 36.4 Å². The molecule has 0 aliphatic heterocycles. The summed E-state index contributed by atoms with van der Waals surface area (Å²) >= 11 is 0. The maximum atomic E-state index is 13.5. The smallest absolute Gasteiger partial charge is 0.319 e. The van der Waals surface area contributed by atoms with Crippen molar-refractivity contribution in [3.8, 4) is 0 Å². The zero-order valence-corrected chi connectivity index (χ0v) is 14.4. The minimum absolute atomic E-state index is 0.0888. The summed E-state index contributed by atoms with van der Waals surface area (Å²) in [7, 11) is 0. The third-order valence-corrected chi connectivity index (χ3v) is 4.60. The molecule has 0 saturated heterocycles. The number of carbonyl (C=O) groups excluding carboxylic acids is 1. The summed E-state index contributed by atoms with van der Waals surface area (Å²) in [5.74, 6) is -0.316. The van der Waals surface area contributed by atoms with Crippen LogP contribution in [-0.2, 0) is 12.8 Å². The molecule has 0 heterocycles. The highest BCUT2D eigenvalue weighted by Crippen LogP contribution is 2.24. The first-order chi connectivity index (χ1) is 12.1. The van der Waals surface area contributed by atoms with Gasteiger partial charge < -0.3 is 10.6 Å². The number of halogens is 1. The van der Waals surface area contributed by atoms with Crippen LogP contribution in [0.4, 0.5) is 9.18 Å². The molecule has 2 N–H and O–H groups in total. The fraction of sp³-hybridized carbons (Fsp3) is 0.286. The van der Waals surface area contributed by atoms with Crippen molar-refractivity contribution < 1.29 is 9.18 Å². The molecular weight excluding hydrogens is 315 g/mol. The van der Waals surface area contributed by atoms with E-state index in [2.05, 4.69) is 28.8 Å². The van der Waals surface area contributed by atoms with Gasteiger partial charge in [0, 0.05) is 11.8 Å². The Morgan fingerprint density at radius 3 is 2.68 bits per heavy atom. The third-order valence-electron chi connectivity index (χ3n) is 4.60. The Bertz CT molecular complexity index is 785. The van der Waals surface area contributed by atoms with Gasteiger partial charge in [-0.25, -0.2) is 9.18 Å². The van der Waals surface area contributed by atoms with Crippen molar-refractivity contribution in [2.75, 3.05) is 0 Å². The van der Waals surface area contributed by atoms with E-state index in [1.54, 1.807) is 24.3 Å². The van der Waals surface area contributed by atoms with Crippen LogP contribution in [0, 0.1) is 5.82 Å². The van der Waals surface area contributed by atoms with E-state index >= 15 is 0 Å². The van der Waals surface area contributed by atoms with Gasteiger partial charge in [-0.2, -0.15) is 0 Å². The van der Waals surface area contributed by atoms with Crippen LogP contribution < -0.4 is 10.6 Å². The molecule has 1 aliphatic rings. The molecule has 4 heteroatoms. The number of urea groups is 1. The Morgan fingerprint density at radius 1 is 1.12 bits per heavy atom. The number of fused-ring (bicyclic) bond motifs is 1. The third kappa shape index (κ3) is 4.47. The molecule has 2 aromatic rings. The van der Waals surface area contributed by atoms with E-state index < -0.39 is 0 Å². The molecule has 3 nitrogen and oxygen atoms in total. The van der Waals surface area contributed by atoms with Crippen LogP contribution in [0.3, 0.4) is 0 Å². The van der Waals surface area contributed by atoms with Crippen molar-refractivity contribution in [1.29, 1.82) is 0 Å². The molecule has 2 aromatic carbocycles. The number of benzene rings is 2. The summed E-state index contributed by atoms with van der Waals surface area (Å²) in [5, 5.41) is 5.53. The summed E-state index contributed by atoms with van der Waals surface area (Å²) in [6, 6.07) is 12.5. The molecule has 0 aromatic heterocycles. The molecule has 130 valence electrons. The molecule has 0 spiro atoms. The highest BCUT2D eigenvalue weighted by Gasteiger charge is 2.13. The van der Waals surface area contributed by atoms with E-state index in [9.17, 15) is 9.18 Å². The highest BCUT2D eigenvalue weighted by atomic mass is 19.1. The van der Waals surface area contributed by atoms with Gasteiger partial charge in [0.2, 0.25) is 0 Å². The Morgan fingerprint density at radius 2 is 1.88 bits per heavy atom. The summed E-state index contributed by atoms with van der Waals surface area (Å²) in [6.07, 6.45) is 7.76. The van der Waals surface area contributed by atoms with E-state index in [-0.39, 0.29) is 17.9 Å². The van der Waals surface area contributed by atoms with Crippen molar-refractivity contribution in [2.45, 2.75) is 38.6 Å². The van der Waals surface area contributed by atoms with Gasteiger partial charge in [0.25, 0.3) is 0 Å². The molecule has 1 unspecified atom stereocenters. The minimum Gasteiger partial charge on any atom is -0.331 e. The van der Waals surface area contributed by atoms with Crippen LogP contribution in [0.15, 0.2) is 48.7 Å². The first-order valence-electron chi connectivity index (χ1n) is 8.73. The lowest BCUT2D eigenvalue weighted by Gasteiger charge is -2.20. The van der Waals surface area contributed by atoms with Gasteiger partial charge in [0.05, 0.1) is 6.04 Å². The average molecular weight is 338 g/mol. The summed E-state index contributed by atoms with van der Waals surface area (Å²) in [6.45, 7) is 1.96. The molecule has 2 amide bonds. The average Bonchev–Trinajstić information content (AvgIpc) is 2.63. The summed E-state index contributed by atoms with van der Waals surface area (Å²) in [4.78, 5) is 12.0. The second-order valence-electron chi connectivity index (χ2n) is 6.43. The maximum absolute atomic E-state index is 13.5. The maximum Gasteiger partial charge on any atom is 0.319 e. The lowest BCUT2D eigenvalue weighted by molar-refractivity contribution is 0.241. The first kappa shape index (κ1) is 17.2. The number of carbonyl (C=O) groups is 1.